The number of hydrogen-bond donors (Lipinski definition) is 2. The van der Waals surface area contributed by atoms with Crippen molar-refractivity contribution < 1.29 is 14.2 Å². The van der Waals surface area contributed by atoms with Gasteiger partial charge in [0.15, 0.2) is 0 Å². The third-order valence-electron chi connectivity index (χ3n) is 3.16. The topological polar surface area (TPSA) is 41.5 Å². The summed E-state index contributed by atoms with van der Waals surface area (Å²) >= 11 is 0. The number of halogens is 1. The summed E-state index contributed by atoms with van der Waals surface area (Å²) in [6.07, 6.45) is 1.92. The molecule has 1 aliphatic rings. The van der Waals surface area contributed by atoms with Crippen molar-refractivity contribution in [3.05, 3.63) is 29.6 Å². The number of hydrogen-bond acceptors (Lipinski definition) is 3. The van der Waals surface area contributed by atoms with Gasteiger partial charge in [0.25, 0.3) is 0 Å². The lowest BCUT2D eigenvalue weighted by molar-refractivity contribution is 0.0753. The smallest absolute Gasteiger partial charge is 0.131 e. The Morgan fingerprint density at radius 3 is 2.76 bits per heavy atom. The number of aromatic hydroxyl groups is 1. The van der Waals surface area contributed by atoms with Gasteiger partial charge in [-0.05, 0) is 25.8 Å². The molecule has 1 aliphatic heterocycles. The minimum atomic E-state index is -0.364. The molecule has 1 heterocycles. The second-order valence-corrected chi connectivity index (χ2v) is 4.48. The largest absolute Gasteiger partial charge is 0.508 e. The molecule has 0 amide bonds. The summed E-state index contributed by atoms with van der Waals surface area (Å²) in [7, 11) is 0. The van der Waals surface area contributed by atoms with E-state index < -0.39 is 0 Å². The predicted molar refractivity (Wildman–Crippen MR) is 63.5 cm³/mol. The molecule has 1 aromatic rings. The molecule has 1 fully saturated rings. The Balaban J connectivity index is 2.00. The lowest BCUT2D eigenvalue weighted by atomic mass is 10.0. The number of ether oxygens (including phenoxy) is 1. The van der Waals surface area contributed by atoms with Gasteiger partial charge in [-0.1, -0.05) is 6.07 Å². The van der Waals surface area contributed by atoms with E-state index in [2.05, 4.69) is 5.32 Å². The lowest BCUT2D eigenvalue weighted by Gasteiger charge is -2.27. The van der Waals surface area contributed by atoms with Gasteiger partial charge in [-0.2, -0.15) is 0 Å². The van der Waals surface area contributed by atoms with Crippen LogP contribution in [-0.4, -0.2) is 24.4 Å². The van der Waals surface area contributed by atoms with Crippen LogP contribution in [-0.2, 0) is 4.74 Å². The summed E-state index contributed by atoms with van der Waals surface area (Å²) < 4.78 is 18.9. The summed E-state index contributed by atoms with van der Waals surface area (Å²) in [5.74, 6) is -0.401. The summed E-state index contributed by atoms with van der Waals surface area (Å²) in [6.45, 7) is 3.47. The van der Waals surface area contributed by atoms with E-state index in [1.165, 1.54) is 6.07 Å². The van der Waals surface area contributed by atoms with E-state index in [0.29, 0.717) is 11.6 Å². The van der Waals surface area contributed by atoms with Gasteiger partial charge in [0.05, 0.1) is 0 Å². The van der Waals surface area contributed by atoms with Gasteiger partial charge < -0.3 is 15.2 Å². The minimum Gasteiger partial charge on any atom is -0.508 e. The maximum atomic E-state index is 13.6. The number of phenols is 1. The Labute approximate surface area is 101 Å². The first-order chi connectivity index (χ1) is 8.16. The van der Waals surface area contributed by atoms with Crippen molar-refractivity contribution >= 4 is 0 Å². The molecule has 94 valence electrons. The van der Waals surface area contributed by atoms with Gasteiger partial charge >= 0.3 is 0 Å². The number of rotatable bonds is 3. The van der Waals surface area contributed by atoms with Gasteiger partial charge in [-0.15, -0.1) is 0 Å². The van der Waals surface area contributed by atoms with Crippen molar-refractivity contribution in [2.24, 2.45) is 0 Å². The molecule has 2 rings (SSSR count). The van der Waals surface area contributed by atoms with Crippen LogP contribution in [0.5, 0.6) is 5.75 Å². The molecule has 2 N–H and O–H groups in total. The maximum absolute atomic E-state index is 13.6. The zero-order valence-corrected chi connectivity index (χ0v) is 9.95. The number of benzene rings is 1. The monoisotopic (exact) mass is 239 g/mol. The maximum Gasteiger partial charge on any atom is 0.131 e. The van der Waals surface area contributed by atoms with E-state index in [1.54, 1.807) is 6.07 Å². The van der Waals surface area contributed by atoms with Crippen LogP contribution in [0.25, 0.3) is 0 Å². The zero-order chi connectivity index (χ0) is 12.3. The summed E-state index contributed by atoms with van der Waals surface area (Å²) in [5.41, 5.74) is 0.592. The van der Waals surface area contributed by atoms with Gasteiger partial charge in [0.1, 0.15) is 11.6 Å². The summed E-state index contributed by atoms with van der Waals surface area (Å²) in [5, 5.41) is 12.6. The molecule has 0 saturated carbocycles. The first kappa shape index (κ1) is 12.3. The van der Waals surface area contributed by atoms with Crippen molar-refractivity contribution in [2.45, 2.75) is 31.8 Å². The van der Waals surface area contributed by atoms with Crippen LogP contribution in [0.3, 0.4) is 0 Å². The molecule has 0 aromatic heterocycles. The Morgan fingerprint density at radius 1 is 1.41 bits per heavy atom. The van der Waals surface area contributed by atoms with Crippen LogP contribution in [0.1, 0.15) is 31.4 Å². The van der Waals surface area contributed by atoms with Crippen molar-refractivity contribution in [2.75, 3.05) is 13.2 Å². The van der Waals surface area contributed by atoms with Crippen molar-refractivity contribution in [3.8, 4) is 5.75 Å². The highest BCUT2D eigenvalue weighted by molar-refractivity contribution is 5.29. The fourth-order valence-electron chi connectivity index (χ4n) is 2.17. The lowest BCUT2D eigenvalue weighted by Crippen LogP contribution is -2.36. The van der Waals surface area contributed by atoms with Crippen molar-refractivity contribution in [3.63, 3.8) is 0 Å². The van der Waals surface area contributed by atoms with Crippen molar-refractivity contribution in [1.29, 1.82) is 0 Å². The van der Waals surface area contributed by atoms with Crippen LogP contribution in [0, 0.1) is 5.82 Å². The normalized spacial score (nSPS) is 19.2. The summed E-state index contributed by atoms with van der Waals surface area (Å²) in [6, 6.07) is 4.62. The molecular weight excluding hydrogens is 221 g/mol. The average Bonchev–Trinajstić information content (AvgIpc) is 2.30. The fraction of sp³-hybridized carbons (Fsp3) is 0.538. The Hall–Kier alpha value is -1.13. The highest BCUT2D eigenvalue weighted by Crippen LogP contribution is 2.22. The third-order valence-corrected chi connectivity index (χ3v) is 3.16. The first-order valence-electron chi connectivity index (χ1n) is 5.99. The molecule has 1 unspecified atom stereocenters. The second kappa shape index (κ2) is 5.47. The van der Waals surface area contributed by atoms with E-state index in [-0.39, 0.29) is 17.6 Å². The average molecular weight is 239 g/mol. The van der Waals surface area contributed by atoms with Gasteiger partial charge in [-0.25, -0.2) is 4.39 Å². The molecule has 3 nitrogen and oxygen atoms in total. The number of nitrogens with one attached hydrogen (secondary N) is 1. The molecule has 0 aliphatic carbocycles. The number of phenolic OH excluding ortho intramolecular Hbond substituents is 1. The molecule has 0 bridgehead atoms. The third kappa shape index (κ3) is 3.17. The van der Waals surface area contributed by atoms with E-state index in [0.717, 1.165) is 32.1 Å². The van der Waals surface area contributed by atoms with Crippen molar-refractivity contribution in [1.82, 2.24) is 5.32 Å². The first-order valence-corrected chi connectivity index (χ1v) is 5.99. The SMILES string of the molecule is CC(NC1CCOCC1)c1ccc(O)cc1F. The fourth-order valence-corrected chi connectivity index (χ4v) is 2.17. The standard InChI is InChI=1S/C13H18FNO2/c1-9(15-10-4-6-17-7-5-10)12-3-2-11(16)8-13(12)14/h2-3,8-10,15-16H,4-7H2,1H3. The van der Waals surface area contributed by atoms with Gasteiger partial charge in [0, 0.05) is 36.9 Å². The quantitative estimate of drug-likeness (QED) is 0.850. The molecule has 4 heteroatoms. The van der Waals surface area contributed by atoms with Gasteiger partial charge in [0.2, 0.25) is 0 Å². The van der Waals surface area contributed by atoms with E-state index in [4.69, 9.17) is 9.84 Å². The molecule has 0 spiro atoms. The molecule has 1 atom stereocenters. The van der Waals surface area contributed by atoms with Crippen LogP contribution in [0.4, 0.5) is 4.39 Å². The van der Waals surface area contributed by atoms with E-state index in [1.807, 2.05) is 6.92 Å². The zero-order valence-electron chi connectivity index (χ0n) is 9.95. The molecule has 0 radical (unpaired) electrons. The van der Waals surface area contributed by atoms with Gasteiger partial charge in [-0.3, -0.25) is 0 Å². The second-order valence-electron chi connectivity index (χ2n) is 4.48. The Kier molecular flexibility index (Phi) is 3.97. The molecule has 1 aromatic carbocycles. The van der Waals surface area contributed by atoms with E-state index >= 15 is 0 Å². The molecule has 1 saturated heterocycles. The van der Waals surface area contributed by atoms with Crippen LogP contribution < -0.4 is 5.32 Å². The minimum absolute atomic E-state index is 0.0375. The Morgan fingerprint density at radius 2 is 2.12 bits per heavy atom. The predicted octanol–water partition coefficient (Wildman–Crippen LogP) is 2.36. The molecular formula is C13H18FNO2. The van der Waals surface area contributed by atoms with Crippen LogP contribution >= 0.6 is 0 Å². The van der Waals surface area contributed by atoms with Crippen LogP contribution in [0.15, 0.2) is 18.2 Å². The highest BCUT2D eigenvalue weighted by Gasteiger charge is 2.18. The van der Waals surface area contributed by atoms with Crippen LogP contribution in [0.2, 0.25) is 0 Å². The Bertz CT molecular complexity index is 378. The highest BCUT2D eigenvalue weighted by atomic mass is 19.1. The summed E-state index contributed by atoms with van der Waals surface area (Å²) in [4.78, 5) is 0. The molecule has 17 heavy (non-hydrogen) atoms. The van der Waals surface area contributed by atoms with E-state index in [9.17, 15) is 4.39 Å².